The summed E-state index contributed by atoms with van der Waals surface area (Å²) < 4.78 is 16.6. The molecule has 0 aliphatic carbocycles. The Balaban J connectivity index is 1.32. The maximum atomic E-state index is 9.90. The summed E-state index contributed by atoms with van der Waals surface area (Å²) in [6.07, 6.45) is 2.07. The highest BCUT2D eigenvalue weighted by molar-refractivity contribution is 5.50. The van der Waals surface area contributed by atoms with Crippen molar-refractivity contribution < 1.29 is 19.3 Å². The average Bonchev–Trinajstić information content (AvgIpc) is 3.20. The first-order chi connectivity index (χ1) is 12.6. The van der Waals surface area contributed by atoms with Gasteiger partial charge in [-0.25, -0.2) is 0 Å². The van der Waals surface area contributed by atoms with Gasteiger partial charge in [0.2, 0.25) is 6.79 Å². The van der Waals surface area contributed by atoms with Crippen molar-refractivity contribution in [2.45, 2.75) is 45.9 Å². The molecule has 2 heterocycles. The first kappa shape index (κ1) is 17.0. The van der Waals surface area contributed by atoms with E-state index < -0.39 is 0 Å². The lowest BCUT2D eigenvalue weighted by Gasteiger charge is -2.15. The largest absolute Gasteiger partial charge is 0.504 e. The molecule has 0 saturated carbocycles. The van der Waals surface area contributed by atoms with Gasteiger partial charge in [-0.1, -0.05) is 6.07 Å². The molecule has 138 valence electrons. The Morgan fingerprint density at radius 1 is 1.08 bits per heavy atom. The predicted molar refractivity (Wildman–Crippen MR) is 98.9 cm³/mol. The minimum Gasteiger partial charge on any atom is -0.504 e. The van der Waals surface area contributed by atoms with Crippen molar-refractivity contribution in [1.29, 1.82) is 0 Å². The normalized spacial score (nSPS) is 15.5. The first-order valence-electron chi connectivity index (χ1n) is 9.21. The molecule has 1 N–H and O–H groups in total. The number of rotatable bonds is 6. The molecule has 5 heteroatoms. The standard InChI is InChI=1S/C21H25NO4/c1-14(2)26-19-8-15(5-6-18(19)23)4-3-7-22-11-16-9-20-21(25-13-24-20)10-17(16)12-22/h5-6,8-10,14,23H,3-4,7,11-13H2,1-2H3. The van der Waals surface area contributed by atoms with E-state index in [1.165, 1.54) is 16.7 Å². The van der Waals surface area contributed by atoms with Crippen LogP contribution in [-0.4, -0.2) is 29.4 Å². The molecule has 0 saturated heterocycles. The van der Waals surface area contributed by atoms with Gasteiger partial charge in [-0.05, 0) is 74.2 Å². The molecule has 2 aliphatic rings. The molecule has 0 bridgehead atoms. The molecule has 0 unspecified atom stereocenters. The van der Waals surface area contributed by atoms with Gasteiger partial charge in [-0.2, -0.15) is 0 Å². The van der Waals surface area contributed by atoms with Gasteiger partial charge in [-0.3, -0.25) is 4.90 Å². The average molecular weight is 355 g/mol. The lowest BCUT2D eigenvalue weighted by atomic mass is 10.1. The second-order valence-corrected chi connectivity index (χ2v) is 7.26. The summed E-state index contributed by atoms with van der Waals surface area (Å²) in [5.41, 5.74) is 3.87. The quantitative estimate of drug-likeness (QED) is 0.853. The molecule has 0 aromatic heterocycles. The van der Waals surface area contributed by atoms with Crippen LogP contribution in [0.15, 0.2) is 30.3 Å². The number of benzene rings is 2. The summed E-state index contributed by atoms with van der Waals surface area (Å²) in [5.74, 6) is 2.51. The number of hydrogen-bond donors (Lipinski definition) is 1. The number of hydrogen-bond acceptors (Lipinski definition) is 5. The summed E-state index contributed by atoms with van der Waals surface area (Å²) in [6, 6.07) is 9.88. The van der Waals surface area contributed by atoms with Crippen LogP contribution in [0, 0.1) is 0 Å². The van der Waals surface area contributed by atoms with Crippen LogP contribution in [0.3, 0.4) is 0 Å². The van der Waals surface area contributed by atoms with Crippen molar-refractivity contribution in [3.05, 3.63) is 47.0 Å². The van der Waals surface area contributed by atoms with Crippen LogP contribution < -0.4 is 14.2 Å². The number of nitrogens with zero attached hydrogens (tertiary/aromatic N) is 1. The topological polar surface area (TPSA) is 51.2 Å². The van der Waals surface area contributed by atoms with E-state index in [1.54, 1.807) is 6.07 Å². The highest BCUT2D eigenvalue weighted by atomic mass is 16.7. The molecule has 0 atom stereocenters. The summed E-state index contributed by atoms with van der Waals surface area (Å²) >= 11 is 0. The van der Waals surface area contributed by atoms with E-state index in [-0.39, 0.29) is 11.9 Å². The van der Waals surface area contributed by atoms with Gasteiger partial charge >= 0.3 is 0 Å². The zero-order valence-electron chi connectivity index (χ0n) is 15.3. The third-order valence-corrected chi connectivity index (χ3v) is 4.81. The molecule has 5 nitrogen and oxygen atoms in total. The predicted octanol–water partition coefficient (Wildman–Crippen LogP) is 3.86. The van der Waals surface area contributed by atoms with Crippen molar-refractivity contribution >= 4 is 0 Å². The maximum Gasteiger partial charge on any atom is 0.231 e. The van der Waals surface area contributed by atoms with Crippen molar-refractivity contribution in [3.8, 4) is 23.0 Å². The summed E-state index contributed by atoms with van der Waals surface area (Å²) in [7, 11) is 0. The zero-order valence-corrected chi connectivity index (χ0v) is 15.3. The van der Waals surface area contributed by atoms with Gasteiger partial charge in [0.25, 0.3) is 0 Å². The van der Waals surface area contributed by atoms with E-state index in [9.17, 15) is 5.11 Å². The summed E-state index contributed by atoms with van der Waals surface area (Å²) in [4.78, 5) is 2.45. The fourth-order valence-electron chi connectivity index (χ4n) is 3.59. The lowest BCUT2D eigenvalue weighted by molar-refractivity contribution is 0.173. The second-order valence-electron chi connectivity index (χ2n) is 7.26. The Kier molecular flexibility index (Phi) is 4.64. The number of ether oxygens (including phenoxy) is 3. The number of fused-ring (bicyclic) bond motifs is 2. The molecule has 0 fully saturated rings. The highest BCUT2D eigenvalue weighted by Crippen LogP contribution is 2.38. The van der Waals surface area contributed by atoms with Crippen LogP contribution in [0.1, 0.15) is 37.0 Å². The van der Waals surface area contributed by atoms with Gasteiger partial charge < -0.3 is 19.3 Å². The molecule has 0 spiro atoms. The number of phenolic OH excluding ortho intramolecular Hbond substituents is 1. The zero-order chi connectivity index (χ0) is 18.1. The van der Waals surface area contributed by atoms with E-state index in [2.05, 4.69) is 17.0 Å². The number of aromatic hydroxyl groups is 1. The molecule has 0 radical (unpaired) electrons. The second kappa shape index (κ2) is 7.08. The van der Waals surface area contributed by atoms with Crippen LogP contribution in [0.25, 0.3) is 0 Å². The van der Waals surface area contributed by atoms with Gasteiger partial charge in [0.1, 0.15) is 0 Å². The molecule has 2 aromatic rings. The third-order valence-electron chi connectivity index (χ3n) is 4.81. The number of aryl methyl sites for hydroxylation is 1. The van der Waals surface area contributed by atoms with Gasteiger partial charge in [0.15, 0.2) is 23.0 Å². The molecule has 26 heavy (non-hydrogen) atoms. The van der Waals surface area contributed by atoms with Crippen LogP contribution >= 0.6 is 0 Å². The van der Waals surface area contributed by atoms with Gasteiger partial charge in [0, 0.05) is 13.1 Å². The highest BCUT2D eigenvalue weighted by Gasteiger charge is 2.24. The minimum absolute atomic E-state index is 0.0498. The smallest absolute Gasteiger partial charge is 0.231 e. The van der Waals surface area contributed by atoms with E-state index in [0.29, 0.717) is 12.5 Å². The molecule has 2 aliphatic heterocycles. The Morgan fingerprint density at radius 3 is 2.42 bits per heavy atom. The Morgan fingerprint density at radius 2 is 1.77 bits per heavy atom. The van der Waals surface area contributed by atoms with Gasteiger partial charge in [0.05, 0.1) is 6.10 Å². The van der Waals surface area contributed by atoms with Crippen LogP contribution in [0.5, 0.6) is 23.0 Å². The monoisotopic (exact) mass is 355 g/mol. The van der Waals surface area contributed by atoms with Crippen molar-refractivity contribution in [2.24, 2.45) is 0 Å². The fourth-order valence-corrected chi connectivity index (χ4v) is 3.59. The van der Waals surface area contributed by atoms with Crippen molar-refractivity contribution in [2.75, 3.05) is 13.3 Å². The number of phenols is 1. The maximum absolute atomic E-state index is 9.90. The molecule has 0 amide bonds. The van der Waals surface area contributed by atoms with E-state index in [0.717, 1.165) is 44.0 Å². The molecule has 4 rings (SSSR count). The van der Waals surface area contributed by atoms with E-state index in [4.69, 9.17) is 14.2 Å². The molecular weight excluding hydrogens is 330 g/mol. The summed E-state index contributed by atoms with van der Waals surface area (Å²) in [6.45, 7) is 7.21. The SMILES string of the molecule is CC(C)Oc1cc(CCCN2Cc3cc4c(cc3C2)OCO4)ccc1O. The Labute approximate surface area is 154 Å². The molecule has 2 aromatic carbocycles. The van der Waals surface area contributed by atoms with Crippen LogP contribution in [-0.2, 0) is 19.5 Å². The minimum atomic E-state index is 0.0498. The first-order valence-corrected chi connectivity index (χ1v) is 9.21. The van der Waals surface area contributed by atoms with Crippen LogP contribution in [0.4, 0.5) is 0 Å². The molecular formula is C21H25NO4. The van der Waals surface area contributed by atoms with Crippen LogP contribution in [0.2, 0.25) is 0 Å². The van der Waals surface area contributed by atoms with E-state index in [1.807, 2.05) is 26.0 Å². The Bertz CT molecular complexity index is 770. The lowest BCUT2D eigenvalue weighted by Crippen LogP contribution is -2.18. The Hall–Kier alpha value is -2.40. The van der Waals surface area contributed by atoms with Crippen molar-refractivity contribution in [1.82, 2.24) is 4.90 Å². The summed E-state index contributed by atoms with van der Waals surface area (Å²) in [5, 5.41) is 9.90. The van der Waals surface area contributed by atoms with Gasteiger partial charge in [-0.15, -0.1) is 0 Å². The van der Waals surface area contributed by atoms with E-state index >= 15 is 0 Å². The van der Waals surface area contributed by atoms with Crippen molar-refractivity contribution in [3.63, 3.8) is 0 Å². The third kappa shape index (κ3) is 3.58. The fraction of sp³-hybridized carbons (Fsp3) is 0.429.